The van der Waals surface area contributed by atoms with Crippen LogP contribution in [-0.2, 0) is 0 Å². The molecule has 0 heterocycles. The van der Waals surface area contributed by atoms with E-state index in [0.29, 0.717) is 6.54 Å². The molecule has 0 rings (SSSR count). The van der Waals surface area contributed by atoms with Gasteiger partial charge in [0.15, 0.2) is 0 Å². The maximum atomic E-state index is 10.4. The summed E-state index contributed by atoms with van der Waals surface area (Å²) >= 11 is 0. The largest absolute Gasteiger partial charge is 0.737 e. The number of likely N-dealkylation sites (N-methyl/N-ethyl adjacent to an activating group) is 1. The molecule has 0 bridgehead atoms. The standard InChI is InChI=1S/C4H11N3O3/c1-2-6(3-4-8)7(10)5-9/h8-9H,2-4H2,1H3/p-1/b7-5+. The molecule has 0 aliphatic heterocycles. The lowest BCUT2D eigenvalue weighted by atomic mass is 10.6. The fourth-order valence-corrected chi connectivity index (χ4v) is 0.532. The summed E-state index contributed by atoms with van der Waals surface area (Å²) < 4.78 is 0. The van der Waals surface area contributed by atoms with Gasteiger partial charge < -0.3 is 15.5 Å². The number of hydrogen-bond acceptors (Lipinski definition) is 4. The average molecular weight is 148 g/mol. The van der Waals surface area contributed by atoms with Crippen molar-refractivity contribution >= 4 is 0 Å². The third-order valence-corrected chi connectivity index (χ3v) is 1.03. The second-order valence-corrected chi connectivity index (χ2v) is 1.60. The normalized spacial score (nSPS) is 11.6. The minimum atomic E-state index is -0.165. The number of nitrogens with zero attached hydrogens (tertiary/aromatic N) is 3. The Hall–Kier alpha value is -1.04. The molecule has 6 nitrogen and oxygen atoms in total. The van der Waals surface area contributed by atoms with Gasteiger partial charge in [0.25, 0.3) is 0 Å². The molecule has 10 heavy (non-hydrogen) atoms. The van der Waals surface area contributed by atoms with Gasteiger partial charge >= 0.3 is 0 Å². The number of aliphatic hydroxyl groups excluding tert-OH is 1. The van der Waals surface area contributed by atoms with Gasteiger partial charge in [0.05, 0.1) is 19.7 Å². The van der Waals surface area contributed by atoms with Gasteiger partial charge in [0.2, 0.25) is 0 Å². The molecule has 0 aliphatic rings. The monoisotopic (exact) mass is 148 g/mol. The molecule has 0 fully saturated rings. The number of hydrazine groups is 1. The van der Waals surface area contributed by atoms with Crippen LogP contribution in [-0.4, -0.2) is 34.8 Å². The van der Waals surface area contributed by atoms with Crippen LogP contribution in [0.3, 0.4) is 0 Å². The van der Waals surface area contributed by atoms with Gasteiger partial charge in [-0.05, 0) is 12.2 Å². The molecule has 0 unspecified atom stereocenters. The van der Waals surface area contributed by atoms with Crippen LogP contribution in [0, 0.1) is 10.4 Å². The summed E-state index contributed by atoms with van der Waals surface area (Å²) in [6.45, 7) is 2.01. The van der Waals surface area contributed by atoms with Crippen LogP contribution in [0.4, 0.5) is 0 Å². The van der Waals surface area contributed by atoms with Crippen LogP contribution < -0.4 is 0 Å². The van der Waals surface area contributed by atoms with Crippen molar-refractivity contribution in [3.63, 3.8) is 0 Å². The molecule has 0 aromatic carbocycles. The molecule has 0 radical (unpaired) electrons. The van der Waals surface area contributed by atoms with Crippen molar-refractivity contribution < 1.29 is 10.1 Å². The molecule has 0 aromatic heterocycles. The molecule has 0 saturated carbocycles. The molecule has 0 amide bonds. The van der Waals surface area contributed by atoms with E-state index in [1.54, 1.807) is 6.92 Å². The Bertz CT molecular complexity index is 116. The van der Waals surface area contributed by atoms with E-state index in [1.165, 1.54) is 0 Å². The van der Waals surface area contributed by atoms with Gasteiger partial charge in [-0.1, -0.05) is 0 Å². The van der Waals surface area contributed by atoms with Crippen molar-refractivity contribution in [1.29, 1.82) is 0 Å². The molecular weight excluding hydrogens is 138 g/mol. The summed E-state index contributed by atoms with van der Waals surface area (Å²) in [5.41, 5.74) is 0. The van der Waals surface area contributed by atoms with E-state index in [-0.39, 0.29) is 18.1 Å². The van der Waals surface area contributed by atoms with E-state index in [2.05, 4.69) is 5.28 Å². The first-order chi connectivity index (χ1) is 4.76. The summed E-state index contributed by atoms with van der Waals surface area (Å²) in [5, 5.41) is 31.6. The van der Waals surface area contributed by atoms with Crippen LogP contribution in [0.15, 0.2) is 5.28 Å². The molecule has 60 valence electrons. The van der Waals surface area contributed by atoms with Gasteiger partial charge in [0.1, 0.15) is 0 Å². The maximum Gasteiger partial charge on any atom is 0.0998 e. The Morgan fingerprint density at radius 1 is 1.70 bits per heavy atom. The topological polar surface area (TPSA) is 85.0 Å². The van der Waals surface area contributed by atoms with Gasteiger partial charge in [-0.3, -0.25) is 0 Å². The van der Waals surface area contributed by atoms with E-state index in [9.17, 15) is 10.4 Å². The highest BCUT2D eigenvalue weighted by Crippen LogP contribution is 1.87. The fraction of sp³-hybridized carbons (Fsp3) is 1.00. The average Bonchev–Trinajstić information content (AvgIpc) is 1.99. The first-order valence-corrected chi connectivity index (χ1v) is 2.92. The molecule has 0 atom stereocenters. The smallest absolute Gasteiger partial charge is 0.0998 e. The Labute approximate surface area is 58.5 Å². The van der Waals surface area contributed by atoms with E-state index in [1.807, 2.05) is 0 Å². The van der Waals surface area contributed by atoms with Crippen LogP contribution >= 0.6 is 0 Å². The summed E-state index contributed by atoms with van der Waals surface area (Å²) in [4.78, 5) is -0.0732. The quantitative estimate of drug-likeness (QED) is 0.336. The second-order valence-electron chi connectivity index (χ2n) is 1.60. The number of aliphatic hydroxyl groups is 1. The van der Waals surface area contributed by atoms with Crippen LogP contribution in [0.1, 0.15) is 6.92 Å². The summed E-state index contributed by atoms with van der Waals surface area (Å²) in [6.07, 6.45) is 0. The van der Waals surface area contributed by atoms with E-state index < -0.39 is 0 Å². The summed E-state index contributed by atoms with van der Waals surface area (Å²) in [5.74, 6) is 0. The first kappa shape index (κ1) is 8.96. The molecular formula is C4H10N3O3-. The number of rotatable bonds is 4. The summed E-state index contributed by atoms with van der Waals surface area (Å²) in [7, 11) is 0. The highest BCUT2D eigenvalue weighted by molar-refractivity contribution is 4.36. The van der Waals surface area contributed by atoms with Crippen LogP contribution in [0.2, 0.25) is 0 Å². The molecule has 6 heteroatoms. The van der Waals surface area contributed by atoms with Gasteiger partial charge in [0, 0.05) is 4.97 Å². The molecule has 0 spiro atoms. The van der Waals surface area contributed by atoms with Crippen LogP contribution in [0.5, 0.6) is 0 Å². The second kappa shape index (κ2) is 4.80. The lowest BCUT2D eigenvalue weighted by Gasteiger charge is -2.15. The first-order valence-electron chi connectivity index (χ1n) is 2.92. The Balaban J connectivity index is 3.80. The Morgan fingerprint density at radius 2 is 2.30 bits per heavy atom. The van der Waals surface area contributed by atoms with E-state index in [0.717, 1.165) is 5.01 Å². The van der Waals surface area contributed by atoms with Crippen molar-refractivity contribution in [1.82, 2.24) is 5.01 Å². The van der Waals surface area contributed by atoms with Crippen molar-refractivity contribution in [2.75, 3.05) is 19.7 Å². The Kier molecular flexibility index (Phi) is 4.30. The van der Waals surface area contributed by atoms with Gasteiger partial charge in [-0.2, -0.15) is 0 Å². The predicted molar refractivity (Wildman–Crippen MR) is 33.8 cm³/mol. The Morgan fingerprint density at radius 3 is 2.60 bits per heavy atom. The van der Waals surface area contributed by atoms with Gasteiger partial charge in [-0.15, -0.1) is 5.01 Å². The van der Waals surface area contributed by atoms with Crippen molar-refractivity contribution in [2.45, 2.75) is 6.92 Å². The summed E-state index contributed by atoms with van der Waals surface area (Å²) in [6, 6.07) is 0. The molecule has 0 aromatic rings. The number of hydrogen-bond donors (Lipinski definition) is 1. The lowest BCUT2D eigenvalue weighted by Crippen LogP contribution is -2.32. The molecule has 0 saturated heterocycles. The van der Waals surface area contributed by atoms with E-state index in [4.69, 9.17) is 5.11 Å². The van der Waals surface area contributed by atoms with E-state index >= 15 is 0 Å². The predicted octanol–water partition coefficient (Wildman–Crippen LogP) is -0.324. The highest BCUT2D eigenvalue weighted by atomic mass is 16.6. The maximum absolute atomic E-state index is 10.4. The third kappa shape index (κ3) is 2.49. The van der Waals surface area contributed by atoms with Crippen molar-refractivity contribution in [2.24, 2.45) is 5.28 Å². The minimum absolute atomic E-state index is 0.0732. The zero-order chi connectivity index (χ0) is 7.98. The minimum Gasteiger partial charge on any atom is -0.737 e. The van der Waals surface area contributed by atoms with Crippen LogP contribution in [0.25, 0.3) is 0 Å². The fourth-order valence-electron chi connectivity index (χ4n) is 0.532. The SMILES string of the molecule is CCN(CCO)/[N+]([O-])=N\[O-]. The highest BCUT2D eigenvalue weighted by Gasteiger charge is 2.05. The zero-order valence-electron chi connectivity index (χ0n) is 5.73. The lowest BCUT2D eigenvalue weighted by molar-refractivity contribution is -0.690. The molecule has 1 N–H and O–H groups in total. The van der Waals surface area contributed by atoms with Crippen molar-refractivity contribution in [3.8, 4) is 0 Å². The zero-order valence-corrected chi connectivity index (χ0v) is 5.73. The third-order valence-electron chi connectivity index (χ3n) is 1.03. The molecule has 0 aliphatic carbocycles. The van der Waals surface area contributed by atoms with Crippen molar-refractivity contribution in [3.05, 3.63) is 10.4 Å². The van der Waals surface area contributed by atoms with Gasteiger partial charge in [-0.25, -0.2) is 0 Å².